The summed E-state index contributed by atoms with van der Waals surface area (Å²) in [5.41, 5.74) is -1.95. The monoisotopic (exact) mass is 542 g/mol. The molecule has 0 amide bonds. The van der Waals surface area contributed by atoms with Gasteiger partial charge in [-0.25, -0.2) is 4.79 Å². The summed E-state index contributed by atoms with van der Waals surface area (Å²) in [6, 6.07) is 0. The van der Waals surface area contributed by atoms with Gasteiger partial charge in [0.25, 0.3) is 0 Å². The van der Waals surface area contributed by atoms with Crippen molar-refractivity contribution in [2.24, 2.45) is 5.92 Å². The van der Waals surface area contributed by atoms with Gasteiger partial charge in [0.1, 0.15) is 35.6 Å². The van der Waals surface area contributed by atoms with Gasteiger partial charge in [-0.15, -0.1) is 0 Å². The Morgan fingerprint density at radius 2 is 1.82 bits per heavy atom. The number of rotatable bonds is 10. The number of carbonyl (C=O) groups is 2. The zero-order chi connectivity index (χ0) is 28.3. The molecule has 9 unspecified atom stereocenters. The van der Waals surface area contributed by atoms with Crippen LogP contribution in [0.15, 0.2) is 35.1 Å². The SMILES string of the molecule is CC(=CCO)CCC=C(C)C(=O)OC1(C)CCC2(O)C(C=O)=COC(OC3OC(CO)C(O)C(O)C3O)C12. The number of fused-ring (bicyclic) bond motifs is 1. The van der Waals surface area contributed by atoms with Gasteiger partial charge in [-0.05, 0) is 46.5 Å². The highest BCUT2D eigenvalue weighted by Crippen LogP contribution is 2.53. The molecule has 1 saturated carbocycles. The second-order valence-electron chi connectivity index (χ2n) is 10.3. The van der Waals surface area contributed by atoms with Crippen LogP contribution in [0.1, 0.15) is 46.5 Å². The third kappa shape index (κ3) is 6.02. The lowest BCUT2D eigenvalue weighted by Gasteiger charge is -2.46. The Hall–Kier alpha value is -2.16. The first-order valence-corrected chi connectivity index (χ1v) is 12.6. The lowest BCUT2D eigenvalue weighted by Crippen LogP contribution is -2.62. The van der Waals surface area contributed by atoms with Crippen LogP contribution in [0.5, 0.6) is 0 Å². The van der Waals surface area contributed by atoms with Crippen LogP contribution in [0.3, 0.4) is 0 Å². The van der Waals surface area contributed by atoms with Crippen LogP contribution in [0, 0.1) is 5.92 Å². The summed E-state index contributed by atoms with van der Waals surface area (Å²) in [5, 5.41) is 60.6. The number of hydrogen-bond donors (Lipinski definition) is 6. The molecule has 2 aliphatic heterocycles. The summed E-state index contributed by atoms with van der Waals surface area (Å²) < 4.78 is 22.7. The molecule has 12 heteroatoms. The molecule has 2 fully saturated rings. The highest BCUT2D eigenvalue weighted by molar-refractivity contribution is 5.88. The van der Waals surface area contributed by atoms with E-state index in [1.54, 1.807) is 26.0 Å². The third-order valence-electron chi connectivity index (χ3n) is 7.60. The van der Waals surface area contributed by atoms with Crippen molar-refractivity contribution < 1.29 is 59.2 Å². The van der Waals surface area contributed by atoms with Crippen molar-refractivity contribution in [2.45, 2.75) is 94.7 Å². The molecule has 9 atom stereocenters. The smallest absolute Gasteiger partial charge is 0.333 e. The Bertz CT molecular complexity index is 958. The van der Waals surface area contributed by atoms with Crippen LogP contribution in [-0.4, -0.2) is 104 Å². The van der Waals surface area contributed by atoms with E-state index in [9.17, 15) is 35.1 Å². The van der Waals surface area contributed by atoms with Crippen LogP contribution in [0.2, 0.25) is 0 Å². The zero-order valence-electron chi connectivity index (χ0n) is 21.7. The fourth-order valence-corrected chi connectivity index (χ4v) is 5.23. The van der Waals surface area contributed by atoms with Crippen molar-refractivity contribution in [3.63, 3.8) is 0 Å². The van der Waals surface area contributed by atoms with Gasteiger partial charge in [0.05, 0.1) is 31.0 Å². The third-order valence-corrected chi connectivity index (χ3v) is 7.60. The Kier molecular flexibility index (Phi) is 9.87. The average Bonchev–Trinajstić information content (AvgIpc) is 3.15. The van der Waals surface area contributed by atoms with Gasteiger partial charge in [-0.1, -0.05) is 17.7 Å². The van der Waals surface area contributed by atoms with Crippen LogP contribution >= 0.6 is 0 Å². The minimum Gasteiger partial charge on any atom is -0.471 e. The molecule has 2 heterocycles. The molecule has 0 aromatic heterocycles. The average molecular weight is 543 g/mol. The number of aldehydes is 1. The highest BCUT2D eigenvalue weighted by atomic mass is 16.8. The van der Waals surface area contributed by atoms with E-state index in [4.69, 9.17) is 24.1 Å². The lowest BCUT2D eigenvalue weighted by atomic mass is 9.77. The Balaban J connectivity index is 1.82. The minimum atomic E-state index is -1.79. The van der Waals surface area contributed by atoms with Crippen molar-refractivity contribution in [1.29, 1.82) is 0 Å². The van der Waals surface area contributed by atoms with Gasteiger partial charge in [0.2, 0.25) is 6.29 Å². The largest absolute Gasteiger partial charge is 0.471 e. The predicted molar refractivity (Wildman–Crippen MR) is 130 cm³/mol. The van der Waals surface area contributed by atoms with Crippen molar-refractivity contribution in [3.8, 4) is 0 Å². The Morgan fingerprint density at radius 3 is 2.45 bits per heavy atom. The molecule has 0 spiro atoms. The van der Waals surface area contributed by atoms with E-state index < -0.39 is 66.7 Å². The topological polar surface area (TPSA) is 192 Å². The van der Waals surface area contributed by atoms with Crippen LogP contribution in [-0.2, 0) is 28.5 Å². The molecule has 6 N–H and O–H groups in total. The maximum Gasteiger partial charge on any atom is 0.333 e. The molecule has 0 radical (unpaired) electrons. The minimum absolute atomic E-state index is 0.0395. The van der Waals surface area contributed by atoms with Crippen molar-refractivity contribution in [1.82, 2.24) is 0 Å². The van der Waals surface area contributed by atoms with E-state index in [1.807, 2.05) is 6.92 Å². The Morgan fingerprint density at radius 1 is 1.11 bits per heavy atom. The van der Waals surface area contributed by atoms with E-state index in [1.165, 1.54) is 0 Å². The van der Waals surface area contributed by atoms with Crippen LogP contribution in [0.4, 0.5) is 0 Å². The molecule has 3 aliphatic rings. The first-order chi connectivity index (χ1) is 17.9. The van der Waals surface area contributed by atoms with E-state index in [2.05, 4.69) is 0 Å². The van der Waals surface area contributed by atoms with Crippen molar-refractivity contribution >= 4 is 12.3 Å². The fourth-order valence-electron chi connectivity index (χ4n) is 5.23. The molecule has 0 bridgehead atoms. The van der Waals surface area contributed by atoms with Gasteiger partial charge in [-0.3, -0.25) is 4.79 Å². The number of esters is 1. The molecule has 214 valence electrons. The van der Waals surface area contributed by atoms with Gasteiger partial charge in [-0.2, -0.15) is 0 Å². The summed E-state index contributed by atoms with van der Waals surface area (Å²) >= 11 is 0. The summed E-state index contributed by atoms with van der Waals surface area (Å²) in [7, 11) is 0. The van der Waals surface area contributed by atoms with E-state index in [0.29, 0.717) is 24.7 Å². The highest BCUT2D eigenvalue weighted by Gasteiger charge is 2.64. The standard InChI is InChI=1S/C26H38O12/c1-14(7-10-27)5-4-6-15(2)22(33)38-25(3)8-9-26(34)16(11-28)13-35-24(21(25)26)37-23-20(32)19(31)18(30)17(12-29)36-23/h6-7,11,13,17-21,23-24,27,29-32,34H,4-5,8-10,12H2,1-3H3. The summed E-state index contributed by atoms with van der Waals surface area (Å²) in [4.78, 5) is 24.7. The van der Waals surface area contributed by atoms with Crippen molar-refractivity contribution in [3.05, 3.63) is 35.1 Å². The molecule has 3 rings (SSSR count). The molecule has 0 aromatic carbocycles. The van der Waals surface area contributed by atoms with Crippen LogP contribution in [0.25, 0.3) is 0 Å². The van der Waals surface area contributed by atoms with Crippen LogP contribution < -0.4 is 0 Å². The number of ether oxygens (including phenoxy) is 4. The normalized spacial score (nSPS) is 39.7. The van der Waals surface area contributed by atoms with Gasteiger partial charge in [0, 0.05) is 5.57 Å². The lowest BCUT2D eigenvalue weighted by molar-refractivity contribution is -0.351. The number of allylic oxidation sites excluding steroid dienone is 2. The summed E-state index contributed by atoms with van der Waals surface area (Å²) in [6.07, 6.45) is -3.03. The second-order valence-corrected chi connectivity index (χ2v) is 10.3. The first-order valence-electron chi connectivity index (χ1n) is 12.6. The predicted octanol–water partition coefficient (Wildman–Crippen LogP) is -0.650. The molecular formula is C26H38O12. The number of aliphatic hydroxyl groups excluding tert-OH is 5. The number of aliphatic hydroxyl groups is 6. The van der Waals surface area contributed by atoms with E-state index in [-0.39, 0.29) is 25.0 Å². The second kappa shape index (κ2) is 12.3. The fraction of sp³-hybridized carbons (Fsp3) is 0.692. The molecule has 0 aromatic rings. The summed E-state index contributed by atoms with van der Waals surface area (Å²) in [5.74, 6) is -1.78. The van der Waals surface area contributed by atoms with Gasteiger partial charge < -0.3 is 49.6 Å². The maximum atomic E-state index is 13.0. The van der Waals surface area contributed by atoms with Crippen molar-refractivity contribution in [2.75, 3.05) is 13.2 Å². The van der Waals surface area contributed by atoms with Gasteiger partial charge >= 0.3 is 5.97 Å². The summed E-state index contributed by atoms with van der Waals surface area (Å²) in [6.45, 7) is 4.30. The molecule has 1 saturated heterocycles. The molecule has 1 aliphatic carbocycles. The molecular weight excluding hydrogens is 504 g/mol. The first kappa shape index (κ1) is 30.4. The molecule has 38 heavy (non-hydrogen) atoms. The van der Waals surface area contributed by atoms with E-state index in [0.717, 1.165) is 11.8 Å². The maximum absolute atomic E-state index is 13.0. The van der Waals surface area contributed by atoms with E-state index >= 15 is 0 Å². The van der Waals surface area contributed by atoms with Gasteiger partial charge in [0.15, 0.2) is 12.6 Å². The zero-order valence-corrected chi connectivity index (χ0v) is 21.7. The number of hydrogen-bond acceptors (Lipinski definition) is 12. The Labute approximate surface area is 220 Å². The number of carbonyl (C=O) groups excluding carboxylic acids is 2. The quantitative estimate of drug-likeness (QED) is 0.0886. The molecule has 12 nitrogen and oxygen atoms in total.